The lowest BCUT2D eigenvalue weighted by Crippen LogP contribution is -2.11. The molecule has 3 N–H and O–H groups in total. The van der Waals surface area contributed by atoms with Crippen LogP contribution in [0.1, 0.15) is 33.8 Å². The SMILES string of the molecule is Nc1c(C(=O)Nc2ccc(Cl)c(Cl)c2)sc2nc3c(cc12)CCCC3. The number of pyridine rings is 1. The number of amides is 1. The van der Waals surface area contributed by atoms with Crippen LogP contribution in [0.5, 0.6) is 0 Å². The third-order valence-corrected chi connectivity index (χ3v) is 6.24. The Morgan fingerprint density at radius 1 is 1.16 bits per heavy atom. The van der Waals surface area contributed by atoms with Crippen LogP contribution in [0.15, 0.2) is 24.3 Å². The maximum absolute atomic E-state index is 12.6. The van der Waals surface area contributed by atoms with Gasteiger partial charge in [-0.25, -0.2) is 4.98 Å². The van der Waals surface area contributed by atoms with E-state index in [0.29, 0.717) is 26.3 Å². The topological polar surface area (TPSA) is 68.0 Å². The molecule has 7 heteroatoms. The van der Waals surface area contributed by atoms with E-state index in [1.807, 2.05) is 0 Å². The molecule has 0 radical (unpaired) electrons. The van der Waals surface area contributed by atoms with Crippen molar-refractivity contribution in [1.29, 1.82) is 0 Å². The zero-order valence-corrected chi connectivity index (χ0v) is 15.6. The number of carbonyl (C=O) groups excluding carboxylic acids is 1. The molecule has 0 fully saturated rings. The standard InChI is InChI=1S/C18H15Cl2N3OS/c19-12-6-5-10(8-13(12)20)22-17(24)16-15(21)11-7-9-3-1-2-4-14(9)23-18(11)25-16/h5-8H,1-4,21H2,(H,22,24). The number of hydrogen-bond donors (Lipinski definition) is 2. The van der Waals surface area contributed by atoms with Gasteiger partial charge in [0.25, 0.3) is 5.91 Å². The van der Waals surface area contributed by atoms with Gasteiger partial charge in [-0.05, 0) is 55.5 Å². The summed E-state index contributed by atoms with van der Waals surface area (Å²) >= 11 is 13.2. The van der Waals surface area contributed by atoms with Gasteiger partial charge < -0.3 is 11.1 Å². The molecule has 0 unspecified atom stereocenters. The number of benzene rings is 1. The van der Waals surface area contributed by atoms with Crippen LogP contribution >= 0.6 is 34.5 Å². The molecule has 128 valence electrons. The van der Waals surface area contributed by atoms with Crippen LogP contribution in [0.2, 0.25) is 10.0 Å². The number of hydrogen-bond acceptors (Lipinski definition) is 4. The zero-order valence-electron chi connectivity index (χ0n) is 13.2. The molecule has 1 aliphatic rings. The second-order valence-electron chi connectivity index (χ2n) is 6.08. The van der Waals surface area contributed by atoms with Crippen LogP contribution in [-0.2, 0) is 12.8 Å². The first-order valence-electron chi connectivity index (χ1n) is 8.00. The fourth-order valence-corrected chi connectivity index (χ4v) is 4.38. The van der Waals surface area contributed by atoms with Crippen LogP contribution in [0, 0.1) is 0 Å². The minimum Gasteiger partial charge on any atom is -0.397 e. The first-order chi connectivity index (χ1) is 12.0. The average Bonchev–Trinajstić information content (AvgIpc) is 2.92. The van der Waals surface area contributed by atoms with Gasteiger partial charge in [0, 0.05) is 16.8 Å². The number of thiophene rings is 1. The summed E-state index contributed by atoms with van der Waals surface area (Å²) in [5.74, 6) is -0.267. The van der Waals surface area contributed by atoms with Crippen molar-refractivity contribution >= 4 is 62.0 Å². The van der Waals surface area contributed by atoms with Gasteiger partial charge in [-0.2, -0.15) is 0 Å². The molecule has 1 amide bonds. The number of aromatic nitrogens is 1. The maximum atomic E-state index is 12.6. The Morgan fingerprint density at radius 2 is 1.96 bits per heavy atom. The number of rotatable bonds is 2. The van der Waals surface area contributed by atoms with Gasteiger partial charge in [-0.3, -0.25) is 4.79 Å². The van der Waals surface area contributed by atoms with Gasteiger partial charge >= 0.3 is 0 Å². The summed E-state index contributed by atoms with van der Waals surface area (Å²) in [6.07, 6.45) is 4.36. The Bertz CT molecular complexity index is 1000. The Labute approximate surface area is 159 Å². The van der Waals surface area contributed by atoms with Gasteiger partial charge in [0.15, 0.2) is 0 Å². The molecule has 3 aromatic rings. The van der Waals surface area contributed by atoms with E-state index in [1.54, 1.807) is 18.2 Å². The summed E-state index contributed by atoms with van der Waals surface area (Å²) in [7, 11) is 0. The number of nitrogen functional groups attached to an aromatic ring is 1. The maximum Gasteiger partial charge on any atom is 0.267 e. The fraction of sp³-hybridized carbons (Fsp3) is 0.222. The lowest BCUT2D eigenvalue weighted by Gasteiger charge is -2.14. The molecule has 1 aromatic carbocycles. The quantitative estimate of drug-likeness (QED) is 0.621. The highest BCUT2D eigenvalue weighted by atomic mass is 35.5. The summed E-state index contributed by atoms with van der Waals surface area (Å²) in [4.78, 5) is 18.7. The lowest BCUT2D eigenvalue weighted by molar-refractivity contribution is 0.103. The number of nitrogens with one attached hydrogen (secondary N) is 1. The number of anilines is 2. The Balaban J connectivity index is 1.69. The molecule has 0 saturated heterocycles. The Hall–Kier alpha value is -1.82. The smallest absolute Gasteiger partial charge is 0.267 e. The fourth-order valence-electron chi connectivity index (χ4n) is 3.09. The summed E-state index contributed by atoms with van der Waals surface area (Å²) < 4.78 is 0. The molecule has 25 heavy (non-hydrogen) atoms. The first-order valence-corrected chi connectivity index (χ1v) is 9.57. The van der Waals surface area contributed by atoms with Crippen LogP contribution in [-0.4, -0.2) is 10.9 Å². The van der Waals surface area contributed by atoms with Crippen molar-refractivity contribution in [2.45, 2.75) is 25.7 Å². The van der Waals surface area contributed by atoms with Gasteiger partial charge in [0.2, 0.25) is 0 Å². The third kappa shape index (κ3) is 3.08. The highest BCUT2D eigenvalue weighted by Crippen LogP contribution is 2.36. The summed E-state index contributed by atoms with van der Waals surface area (Å²) in [5.41, 5.74) is 9.69. The van der Waals surface area contributed by atoms with E-state index < -0.39 is 0 Å². The Kier molecular flexibility index (Phi) is 4.31. The molecule has 4 rings (SSSR count). The predicted octanol–water partition coefficient (Wildman–Crippen LogP) is 5.32. The van der Waals surface area contributed by atoms with Crippen molar-refractivity contribution in [2.24, 2.45) is 0 Å². The monoisotopic (exact) mass is 391 g/mol. The van der Waals surface area contributed by atoms with Crippen molar-refractivity contribution in [3.05, 3.63) is 50.4 Å². The minimum atomic E-state index is -0.267. The van der Waals surface area contributed by atoms with E-state index in [0.717, 1.165) is 35.2 Å². The van der Waals surface area contributed by atoms with Crippen molar-refractivity contribution in [2.75, 3.05) is 11.1 Å². The van der Waals surface area contributed by atoms with E-state index in [1.165, 1.54) is 23.3 Å². The third-order valence-electron chi connectivity index (χ3n) is 4.38. The van der Waals surface area contributed by atoms with Crippen LogP contribution in [0.3, 0.4) is 0 Å². The van der Waals surface area contributed by atoms with Gasteiger partial charge in [0.05, 0.1) is 15.7 Å². The highest BCUT2D eigenvalue weighted by molar-refractivity contribution is 7.21. The molecule has 0 bridgehead atoms. The normalized spacial score (nSPS) is 13.7. The number of fused-ring (bicyclic) bond motifs is 2. The lowest BCUT2D eigenvalue weighted by atomic mass is 9.95. The molecular weight excluding hydrogens is 377 g/mol. The van der Waals surface area contributed by atoms with Gasteiger partial charge in [-0.1, -0.05) is 23.2 Å². The number of aryl methyl sites for hydroxylation is 2. The molecule has 1 aliphatic carbocycles. The largest absolute Gasteiger partial charge is 0.397 e. The van der Waals surface area contributed by atoms with Crippen LogP contribution < -0.4 is 11.1 Å². The van der Waals surface area contributed by atoms with E-state index in [2.05, 4.69) is 11.4 Å². The molecule has 4 nitrogen and oxygen atoms in total. The summed E-state index contributed by atoms with van der Waals surface area (Å²) in [5, 5.41) is 4.51. The van der Waals surface area contributed by atoms with Crippen molar-refractivity contribution in [1.82, 2.24) is 4.98 Å². The van der Waals surface area contributed by atoms with E-state index in [-0.39, 0.29) is 5.91 Å². The molecule has 2 heterocycles. The zero-order chi connectivity index (χ0) is 17.6. The Morgan fingerprint density at radius 3 is 2.76 bits per heavy atom. The van der Waals surface area contributed by atoms with E-state index in [9.17, 15) is 4.79 Å². The van der Waals surface area contributed by atoms with Crippen LogP contribution in [0.4, 0.5) is 11.4 Å². The van der Waals surface area contributed by atoms with Crippen molar-refractivity contribution < 1.29 is 4.79 Å². The second kappa shape index (κ2) is 6.48. The highest BCUT2D eigenvalue weighted by Gasteiger charge is 2.20. The van der Waals surface area contributed by atoms with E-state index in [4.69, 9.17) is 33.9 Å². The molecular formula is C18H15Cl2N3OS. The van der Waals surface area contributed by atoms with E-state index >= 15 is 0 Å². The molecule has 0 atom stereocenters. The molecule has 0 aliphatic heterocycles. The van der Waals surface area contributed by atoms with Gasteiger partial charge in [0.1, 0.15) is 9.71 Å². The number of halogens is 2. The molecule has 2 aromatic heterocycles. The average molecular weight is 392 g/mol. The minimum absolute atomic E-state index is 0.267. The second-order valence-corrected chi connectivity index (χ2v) is 7.90. The summed E-state index contributed by atoms with van der Waals surface area (Å²) in [6.45, 7) is 0. The molecule has 0 saturated carbocycles. The number of nitrogens with zero attached hydrogens (tertiary/aromatic N) is 1. The van der Waals surface area contributed by atoms with Crippen molar-refractivity contribution in [3.8, 4) is 0 Å². The van der Waals surface area contributed by atoms with Gasteiger partial charge in [-0.15, -0.1) is 11.3 Å². The number of carbonyl (C=O) groups is 1. The number of nitrogens with two attached hydrogens (primary N) is 1. The van der Waals surface area contributed by atoms with Crippen molar-refractivity contribution in [3.63, 3.8) is 0 Å². The van der Waals surface area contributed by atoms with Crippen LogP contribution in [0.25, 0.3) is 10.2 Å². The predicted molar refractivity (Wildman–Crippen MR) is 105 cm³/mol. The first kappa shape index (κ1) is 16.6. The summed E-state index contributed by atoms with van der Waals surface area (Å²) in [6, 6.07) is 7.05. The molecule has 0 spiro atoms.